The maximum atomic E-state index is 12.2. The third-order valence-electron chi connectivity index (χ3n) is 2.74. The van der Waals surface area contributed by atoms with Gasteiger partial charge in [0.2, 0.25) is 0 Å². The van der Waals surface area contributed by atoms with E-state index >= 15 is 0 Å². The molecule has 0 bridgehead atoms. The van der Waals surface area contributed by atoms with Crippen LogP contribution in [-0.2, 0) is 9.53 Å². The Hall–Kier alpha value is -2.60. The first kappa shape index (κ1) is 16.8. The lowest BCUT2D eigenvalue weighted by atomic mass is 10.2. The highest BCUT2D eigenvalue weighted by Crippen LogP contribution is 2.12. The predicted molar refractivity (Wildman–Crippen MR) is 89.4 cm³/mol. The molecule has 0 saturated heterocycles. The molecule has 1 aromatic carbocycles. The second kappa shape index (κ2) is 8.14. The number of amides is 1. The van der Waals surface area contributed by atoms with Gasteiger partial charge < -0.3 is 14.5 Å². The van der Waals surface area contributed by atoms with Crippen molar-refractivity contribution in [3.8, 4) is 0 Å². The molecule has 0 aliphatic heterocycles. The van der Waals surface area contributed by atoms with Gasteiger partial charge in [0.15, 0.2) is 0 Å². The molecular formula is C17H14BrNO4. The second-order valence-electron chi connectivity index (χ2n) is 4.42. The van der Waals surface area contributed by atoms with Crippen molar-refractivity contribution in [3.63, 3.8) is 0 Å². The van der Waals surface area contributed by atoms with Gasteiger partial charge in [0.25, 0.3) is 5.91 Å². The molecule has 23 heavy (non-hydrogen) atoms. The summed E-state index contributed by atoms with van der Waals surface area (Å²) in [7, 11) is 0. The lowest BCUT2D eigenvalue weighted by Gasteiger charge is -2.09. The van der Waals surface area contributed by atoms with Gasteiger partial charge in [-0.15, -0.1) is 0 Å². The number of hydrogen-bond donors (Lipinski definition) is 1. The van der Waals surface area contributed by atoms with Gasteiger partial charge in [-0.2, -0.15) is 0 Å². The minimum Gasteiger partial charge on any atom is -0.465 e. The average Bonchev–Trinajstić information content (AvgIpc) is 3.05. The molecule has 2 aromatic rings. The number of nitrogens with one attached hydrogen (secondary N) is 1. The first-order valence-corrected chi connectivity index (χ1v) is 7.49. The summed E-state index contributed by atoms with van der Waals surface area (Å²) in [5, 5.41) is 2.54. The number of halogens is 1. The van der Waals surface area contributed by atoms with Gasteiger partial charge in [0.05, 0.1) is 6.26 Å². The van der Waals surface area contributed by atoms with E-state index in [0.717, 1.165) is 4.47 Å². The Morgan fingerprint density at radius 3 is 2.61 bits per heavy atom. The van der Waals surface area contributed by atoms with Crippen LogP contribution in [0.3, 0.4) is 0 Å². The third-order valence-corrected chi connectivity index (χ3v) is 3.27. The van der Waals surface area contributed by atoms with Gasteiger partial charge in [0, 0.05) is 16.1 Å². The Balaban J connectivity index is 2.19. The molecule has 0 spiro atoms. The minimum atomic E-state index is -0.674. The Labute approximate surface area is 141 Å². The summed E-state index contributed by atoms with van der Waals surface area (Å²) in [6, 6.07) is 10.1. The molecule has 1 N–H and O–H groups in total. The quantitative estimate of drug-likeness (QED) is 0.476. The fourth-order valence-electron chi connectivity index (χ4n) is 1.67. The van der Waals surface area contributed by atoms with Crippen LogP contribution in [0.5, 0.6) is 0 Å². The molecule has 1 aromatic heterocycles. The van der Waals surface area contributed by atoms with Crippen molar-refractivity contribution in [2.45, 2.75) is 0 Å². The van der Waals surface area contributed by atoms with Gasteiger partial charge in [0.1, 0.15) is 18.1 Å². The molecular weight excluding hydrogens is 362 g/mol. The highest BCUT2D eigenvalue weighted by molar-refractivity contribution is 9.10. The monoisotopic (exact) mass is 375 g/mol. The molecule has 5 nitrogen and oxygen atoms in total. The summed E-state index contributed by atoms with van der Waals surface area (Å²) in [4.78, 5) is 24.3. The van der Waals surface area contributed by atoms with Crippen molar-refractivity contribution < 1.29 is 18.7 Å². The van der Waals surface area contributed by atoms with Crippen molar-refractivity contribution in [2.75, 3.05) is 6.61 Å². The fourth-order valence-corrected chi connectivity index (χ4v) is 1.93. The van der Waals surface area contributed by atoms with E-state index in [1.54, 1.807) is 36.4 Å². The van der Waals surface area contributed by atoms with Crippen LogP contribution in [-0.4, -0.2) is 18.5 Å². The predicted octanol–water partition coefficient (Wildman–Crippen LogP) is 3.54. The maximum absolute atomic E-state index is 12.2. The zero-order valence-electron chi connectivity index (χ0n) is 12.1. The molecule has 0 radical (unpaired) electrons. The van der Waals surface area contributed by atoms with Crippen LogP contribution in [0.25, 0.3) is 6.08 Å². The smallest absolute Gasteiger partial charge is 0.355 e. The largest absolute Gasteiger partial charge is 0.465 e. The van der Waals surface area contributed by atoms with E-state index in [1.807, 2.05) is 0 Å². The first-order chi connectivity index (χ1) is 11.1. The van der Waals surface area contributed by atoms with E-state index in [1.165, 1.54) is 18.4 Å². The molecule has 0 aliphatic carbocycles. The number of esters is 1. The first-order valence-electron chi connectivity index (χ1n) is 6.70. The van der Waals surface area contributed by atoms with Gasteiger partial charge in [-0.1, -0.05) is 28.6 Å². The van der Waals surface area contributed by atoms with E-state index < -0.39 is 11.9 Å². The van der Waals surface area contributed by atoms with Gasteiger partial charge in [-0.25, -0.2) is 4.79 Å². The summed E-state index contributed by atoms with van der Waals surface area (Å²) in [6.45, 7) is 3.52. The van der Waals surface area contributed by atoms with E-state index in [-0.39, 0.29) is 12.3 Å². The van der Waals surface area contributed by atoms with Gasteiger partial charge in [-0.05, 0) is 36.4 Å². The van der Waals surface area contributed by atoms with Gasteiger partial charge in [-0.3, -0.25) is 4.79 Å². The average molecular weight is 376 g/mol. The summed E-state index contributed by atoms with van der Waals surface area (Å²) in [5.41, 5.74) is 0.393. The van der Waals surface area contributed by atoms with Crippen molar-refractivity contribution in [1.82, 2.24) is 5.32 Å². The van der Waals surface area contributed by atoms with Crippen LogP contribution < -0.4 is 5.32 Å². The molecule has 118 valence electrons. The summed E-state index contributed by atoms with van der Waals surface area (Å²) in [5.74, 6) is -0.677. The molecule has 0 atom stereocenters. The van der Waals surface area contributed by atoms with Crippen LogP contribution in [0.2, 0.25) is 0 Å². The zero-order chi connectivity index (χ0) is 16.7. The molecule has 1 heterocycles. The second-order valence-corrected chi connectivity index (χ2v) is 5.34. The molecule has 0 unspecified atom stereocenters. The fraction of sp³-hybridized carbons (Fsp3) is 0.0588. The maximum Gasteiger partial charge on any atom is 0.355 e. The standard InChI is InChI=1S/C17H14BrNO4/c1-2-9-23-17(21)15(11-14-4-3-10-22-14)19-16(20)12-5-7-13(18)8-6-12/h2-8,10-11H,1,9H2,(H,19,20)/b15-11+. The molecule has 6 heteroatoms. The number of hydrogen-bond acceptors (Lipinski definition) is 4. The highest BCUT2D eigenvalue weighted by atomic mass is 79.9. The van der Waals surface area contributed by atoms with E-state index in [2.05, 4.69) is 27.8 Å². The minimum absolute atomic E-state index is 0.0188. The molecule has 0 aliphatic rings. The number of carbonyl (C=O) groups is 2. The Morgan fingerprint density at radius 2 is 2.00 bits per heavy atom. The summed E-state index contributed by atoms with van der Waals surface area (Å²) in [6.07, 6.45) is 4.32. The third kappa shape index (κ3) is 4.96. The molecule has 0 saturated carbocycles. The number of rotatable bonds is 6. The lowest BCUT2D eigenvalue weighted by molar-refractivity contribution is -0.138. The molecule has 1 amide bonds. The van der Waals surface area contributed by atoms with Crippen LogP contribution in [0, 0.1) is 0 Å². The lowest BCUT2D eigenvalue weighted by Crippen LogP contribution is -2.28. The van der Waals surface area contributed by atoms with Crippen LogP contribution in [0.1, 0.15) is 16.1 Å². The number of ether oxygens (including phenoxy) is 1. The Bertz CT molecular complexity index is 718. The van der Waals surface area contributed by atoms with Crippen LogP contribution >= 0.6 is 15.9 Å². The normalized spacial score (nSPS) is 10.9. The number of carbonyl (C=O) groups excluding carboxylic acids is 2. The highest BCUT2D eigenvalue weighted by Gasteiger charge is 2.16. The van der Waals surface area contributed by atoms with E-state index in [0.29, 0.717) is 11.3 Å². The SMILES string of the molecule is C=CCOC(=O)/C(=C\c1ccco1)NC(=O)c1ccc(Br)cc1. The summed E-state index contributed by atoms with van der Waals surface area (Å²) < 4.78 is 11.0. The molecule has 2 rings (SSSR count). The zero-order valence-corrected chi connectivity index (χ0v) is 13.7. The Kier molecular flexibility index (Phi) is 5.94. The van der Waals surface area contributed by atoms with E-state index in [9.17, 15) is 9.59 Å². The van der Waals surface area contributed by atoms with Crippen molar-refractivity contribution in [1.29, 1.82) is 0 Å². The van der Waals surface area contributed by atoms with Gasteiger partial charge >= 0.3 is 5.97 Å². The van der Waals surface area contributed by atoms with Crippen LogP contribution in [0.15, 0.2) is 69.9 Å². The number of furan rings is 1. The topological polar surface area (TPSA) is 68.5 Å². The van der Waals surface area contributed by atoms with Crippen LogP contribution in [0.4, 0.5) is 0 Å². The number of benzene rings is 1. The molecule has 0 fully saturated rings. The van der Waals surface area contributed by atoms with E-state index in [4.69, 9.17) is 9.15 Å². The van der Waals surface area contributed by atoms with Crippen molar-refractivity contribution in [3.05, 3.63) is 76.8 Å². The van der Waals surface area contributed by atoms with Crippen molar-refractivity contribution >= 4 is 33.9 Å². The Morgan fingerprint density at radius 1 is 1.26 bits per heavy atom. The van der Waals surface area contributed by atoms with Crippen molar-refractivity contribution in [2.24, 2.45) is 0 Å². The summed E-state index contributed by atoms with van der Waals surface area (Å²) >= 11 is 3.30.